The molecule has 0 amide bonds. The fraction of sp³-hybridized carbons (Fsp3) is 0.333. The predicted octanol–water partition coefficient (Wildman–Crippen LogP) is 8.25. The van der Waals surface area contributed by atoms with Gasteiger partial charge in [0.25, 0.3) is 0 Å². The van der Waals surface area contributed by atoms with E-state index in [9.17, 15) is 85.0 Å². The van der Waals surface area contributed by atoms with Gasteiger partial charge in [-0.1, -0.05) is 30.3 Å². The van der Waals surface area contributed by atoms with Crippen LogP contribution in [-0.2, 0) is 49.5 Å². The summed E-state index contributed by atoms with van der Waals surface area (Å²) < 4.78 is 247. The lowest BCUT2D eigenvalue weighted by Crippen LogP contribution is -2.42. The molecule has 0 aliphatic carbocycles. The number of hydrogen-bond acceptors (Lipinski definition) is 12. The van der Waals surface area contributed by atoms with Crippen molar-refractivity contribution >= 4 is 23.9 Å². The van der Waals surface area contributed by atoms with E-state index >= 15 is 0 Å². The van der Waals surface area contributed by atoms with Gasteiger partial charge in [-0.25, -0.2) is 39.5 Å². The van der Waals surface area contributed by atoms with E-state index in [1.807, 2.05) is 0 Å². The molecule has 0 unspecified atom stereocenters. The minimum Gasteiger partial charge on any atom is -0.461 e. The summed E-state index contributed by atoms with van der Waals surface area (Å²) in [6.45, 7) is -5.98. The van der Waals surface area contributed by atoms with Crippen LogP contribution in [0.1, 0.15) is 31.2 Å². The summed E-state index contributed by atoms with van der Waals surface area (Å²) in [6.07, 6.45) is -3.39. The molecule has 0 bridgehead atoms. The minimum atomic E-state index is -2.56. The van der Waals surface area contributed by atoms with Gasteiger partial charge in [-0.15, -0.1) is 0 Å². The fourth-order valence-electron chi connectivity index (χ4n) is 5.35. The average Bonchev–Trinajstić information content (AvgIpc) is 3.34. The lowest BCUT2D eigenvalue weighted by molar-refractivity contribution is -0.147. The molecule has 0 aliphatic rings. The van der Waals surface area contributed by atoms with E-state index in [1.165, 1.54) is 0 Å². The number of carbonyl (C=O) groups excluding carboxylic acids is 4. The van der Waals surface area contributed by atoms with Crippen LogP contribution in [0.15, 0.2) is 30.3 Å². The minimum absolute atomic E-state index is 0.147. The maximum absolute atomic E-state index is 14.1. The number of benzene rings is 4. The molecule has 0 saturated carbocycles. The molecule has 0 fully saturated rings. The van der Waals surface area contributed by atoms with Gasteiger partial charge in [-0.3, -0.25) is 19.2 Å². The maximum atomic E-state index is 14.1. The number of carbonyl (C=O) groups is 4. The Morgan fingerprint density at radius 2 is 0.594 bits per heavy atom. The number of ether oxygens (including phenoxy) is 8. The van der Waals surface area contributed by atoms with Crippen molar-refractivity contribution in [1.82, 2.24) is 0 Å². The van der Waals surface area contributed by atoms with Crippen LogP contribution in [0.2, 0.25) is 0 Å². The van der Waals surface area contributed by atoms with Crippen LogP contribution in [-0.4, -0.2) is 76.7 Å². The molecule has 0 radical (unpaired) electrons. The van der Waals surface area contributed by atoms with Crippen molar-refractivity contribution in [3.8, 4) is 17.2 Å². The van der Waals surface area contributed by atoms with Crippen LogP contribution >= 0.6 is 0 Å². The van der Waals surface area contributed by atoms with E-state index in [0.717, 1.165) is 0 Å². The Morgan fingerprint density at radius 1 is 0.348 bits per heavy atom. The van der Waals surface area contributed by atoms with E-state index in [-0.39, 0.29) is 6.61 Å². The van der Waals surface area contributed by atoms with Gasteiger partial charge in [0.1, 0.15) is 6.61 Å². The van der Waals surface area contributed by atoms with Gasteiger partial charge in [0, 0.05) is 0 Å². The Morgan fingerprint density at radius 3 is 0.870 bits per heavy atom. The molecule has 4 rings (SSSR count). The lowest BCUT2D eigenvalue weighted by Gasteiger charge is -2.33. The fourth-order valence-corrected chi connectivity index (χ4v) is 5.35. The molecular weight excluding hydrogens is 981 g/mol. The molecule has 12 nitrogen and oxygen atoms in total. The highest BCUT2D eigenvalue weighted by molar-refractivity contribution is 5.73. The van der Waals surface area contributed by atoms with Crippen LogP contribution < -0.4 is 14.2 Å². The smallest absolute Gasteiger partial charge is 0.313 e. The normalized spacial score (nSPS) is 11.5. The van der Waals surface area contributed by atoms with E-state index < -0.39 is 212 Å². The third-order valence-corrected chi connectivity index (χ3v) is 8.83. The summed E-state index contributed by atoms with van der Waals surface area (Å²) in [4.78, 5) is 49.5. The Balaban J connectivity index is 1.50. The SMILES string of the molecule is O=C(CCOCC(COCCC(=O)Oc1c(F)c(F)c(F)c(F)c1F)(COCCC(=O)Oc1c(F)c(F)c(F)c(F)c1F)COCCC(=O)Oc1c(F)c(F)c(F)c(F)c1F)OCc1ccccc1. The monoisotopic (exact) mass is 1010 g/mol. The van der Waals surface area contributed by atoms with Crippen molar-refractivity contribution in [3.05, 3.63) is 123 Å². The van der Waals surface area contributed by atoms with E-state index in [4.69, 9.17) is 23.7 Å². The van der Waals surface area contributed by atoms with E-state index in [1.54, 1.807) is 30.3 Å². The van der Waals surface area contributed by atoms with E-state index in [0.29, 0.717) is 5.56 Å². The first-order valence-corrected chi connectivity index (χ1v) is 19.3. The molecule has 0 N–H and O–H groups in total. The Kier molecular flexibility index (Phi) is 20.2. The van der Waals surface area contributed by atoms with Gasteiger partial charge in [0.2, 0.25) is 105 Å². The van der Waals surface area contributed by atoms with Crippen molar-refractivity contribution in [1.29, 1.82) is 0 Å². The lowest BCUT2D eigenvalue weighted by atomic mass is 9.92. The zero-order valence-electron chi connectivity index (χ0n) is 34.6. The molecule has 0 spiro atoms. The van der Waals surface area contributed by atoms with Gasteiger partial charge < -0.3 is 37.9 Å². The molecule has 27 heteroatoms. The highest BCUT2D eigenvalue weighted by Crippen LogP contribution is 2.32. The van der Waals surface area contributed by atoms with Crippen LogP contribution in [0.4, 0.5) is 65.9 Å². The average molecular weight is 1010 g/mol. The largest absolute Gasteiger partial charge is 0.461 e. The van der Waals surface area contributed by atoms with Crippen LogP contribution in [0.3, 0.4) is 0 Å². The first-order valence-electron chi connectivity index (χ1n) is 19.3. The highest BCUT2D eigenvalue weighted by atomic mass is 19.2. The molecule has 0 aliphatic heterocycles. The van der Waals surface area contributed by atoms with Crippen molar-refractivity contribution in [2.24, 2.45) is 5.41 Å². The Hall–Kier alpha value is -6.45. The molecule has 4 aromatic rings. The number of hydrogen-bond donors (Lipinski definition) is 0. The van der Waals surface area contributed by atoms with Crippen molar-refractivity contribution < 1.29 is 123 Å². The zero-order chi connectivity index (χ0) is 51.2. The van der Waals surface area contributed by atoms with Crippen molar-refractivity contribution in [2.45, 2.75) is 32.3 Å². The predicted molar refractivity (Wildman–Crippen MR) is 196 cm³/mol. The zero-order valence-corrected chi connectivity index (χ0v) is 34.6. The number of rotatable bonds is 25. The molecule has 0 heterocycles. The highest BCUT2D eigenvalue weighted by Gasteiger charge is 2.35. The second-order valence-electron chi connectivity index (χ2n) is 14.0. The first kappa shape index (κ1) is 55.1. The Bertz CT molecular complexity index is 2210. The van der Waals surface area contributed by atoms with Gasteiger partial charge in [0.05, 0.1) is 84.0 Å². The summed E-state index contributed by atoms with van der Waals surface area (Å²) in [5.41, 5.74) is -1.20. The van der Waals surface area contributed by atoms with Crippen LogP contribution in [0.5, 0.6) is 17.2 Å². The van der Waals surface area contributed by atoms with Gasteiger partial charge in [-0.2, -0.15) is 26.3 Å². The molecule has 0 saturated heterocycles. The summed E-state index contributed by atoms with van der Waals surface area (Å²) in [7, 11) is 0. The first-order chi connectivity index (χ1) is 32.6. The summed E-state index contributed by atoms with van der Waals surface area (Å²) in [5.74, 6) is -48.9. The summed E-state index contributed by atoms with van der Waals surface area (Å²) in [5, 5.41) is 0. The molecule has 4 aromatic carbocycles. The quantitative estimate of drug-likeness (QED) is 0.0158. The molecule has 0 atom stereocenters. The number of esters is 4. The second-order valence-corrected chi connectivity index (χ2v) is 14.0. The van der Waals surface area contributed by atoms with Crippen molar-refractivity contribution in [3.63, 3.8) is 0 Å². The Labute approximate surface area is 377 Å². The third-order valence-electron chi connectivity index (χ3n) is 8.83. The van der Waals surface area contributed by atoms with Gasteiger partial charge in [-0.05, 0) is 5.56 Å². The van der Waals surface area contributed by atoms with Crippen LogP contribution in [0, 0.1) is 92.7 Å². The topological polar surface area (TPSA) is 142 Å². The molecule has 376 valence electrons. The molecule has 69 heavy (non-hydrogen) atoms. The van der Waals surface area contributed by atoms with E-state index in [2.05, 4.69) is 14.2 Å². The second kappa shape index (κ2) is 25.2. The van der Waals surface area contributed by atoms with Gasteiger partial charge in [0.15, 0.2) is 0 Å². The standard InChI is InChI=1S/C42H31F15O12/c43-24-27(46)33(52)39(34(53)28(24)47)67-21(59)7-11-63-16-42(15-62-10-6-20(58)66-14-19-4-2-1-3-5-19,17-64-12-8-22(60)68-40-35(54)29(48)25(44)30(49)36(40)55)18-65-13-9-23(61)69-41-37(56)31(50)26(45)32(51)38(41)57/h1-5H,6-18H2. The molecule has 0 aromatic heterocycles. The molecular formula is C42H31F15O12. The van der Waals surface area contributed by atoms with Gasteiger partial charge >= 0.3 is 23.9 Å². The maximum Gasteiger partial charge on any atom is 0.313 e. The summed E-state index contributed by atoms with van der Waals surface area (Å²) in [6, 6.07) is 8.33. The van der Waals surface area contributed by atoms with Crippen molar-refractivity contribution in [2.75, 3.05) is 52.9 Å². The third kappa shape index (κ3) is 14.5. The summed E-state index contributed by atoms with van der Waals surface area (Å²) >= 11 is 0. The number of halogens is 15. The van der Waals surface area contributed by atoms with Crippen LogP contribution in [0.25, 0.3) is 0 Å².